The summed E-state index contributed by atoms with van der Waals surface area (Å²) in [7, 11) is 0. The Morgan fingerprint density at radius 3 is 2.60 bits per heavy atom. The number of hydrogen-bond donors (Lipinski definition) is 1. The van der Waals surface area contributed by atoms with Crippen molar-refractivity contribution in [2.75, 3.05) is 13.2 Å². The van der Waals surface area contributed by atoms with Crippen LogP contribution in [0.15, 0.2) is 66.9 Å². The van der Waals surface area contributed by atoms with Gasteiger partial charge in [-0.25, -0.2) is 4.39 Å². The van der Waals surface area contributed by atoms with Crippen molar-refractivity contribution >= 4 is 0 Å². The predicted octanol–water partition coefficient (Wildman–Crippen LogP) is 4.39. The molecule has 1 N–H and O–H groups in total. The summed E-state index contributed by atoms with van der Waals surface area (Å²) in [6.07, 6.45) is 3.85. The van der Waals surface area contributed by atoms with Crippen molar-refractivity contribution in [2.45, 2.75) is 45.0 Å². The maximum Gasteiger partial charge on any atom is 0.123 e. The van der Waals surface area contributed by atoms with Crippen molar-refractivity contribution in [3.8, 4) is 5.75 Å². The van der Waals surface area contributed by atoms with E-state index < -0.39 is 6.10 Å². The van der Waals surface area contributed by atoms with Crippen LogP contribution >= 0.6 is 0 Å². The van der Waals surface area contributed by atoms with Crippen LogP contribution < -0.4 is 4.74 Å². The van der Waals surface area contributed by atoms with E-state index in [1.165, 1.54) is 30.7 Å². The van der Waals surface area contributed by atoms with Gasteiger partial charge in [-0.15, -0.1) is 0 Å². The number of aliphatic hydroxyl groups is 1. The number of hydrogen-bond acceptors (Lipinski definition) is 3. The molecular weight excluding hydrogens is 379 g/mol. The number of aromatic nitrogens is 1. The monoisotopic (exact) mass is 408 g/mol. The fraction of sp³-hybridized carbons (Fsp3) is 0.360. The van der Waals surface area contributed by atoms with Crippen molar-refractivity contribution in [1.29, 1.82) is 0 Å². The number of aryl methyl sites for hydroxylation is 1. The molecule has 0 spiro atoms. The molecule has 2 aromatic carbocycles. The molecule has 1 heterocycles. The smallest absolute Gasteiger partial charge is 0.123 e. The predicted molar refractivity (Wildman–Crippen MR) is 116 cm³/mol. The van der Waals surface area contributed by atoms with E-state index in [1.54, 1.807) is 0 Å². The van der Waals surface area contributed by atoms with E-state index in [1.807, 2.05) is 49.4 Å². The van der Waals surface area contributed by atoms with Crippen LogP contribution in [0.25, 0.3) is 0 Å². The van der Waals surface area contributed by atoms with Gasteiger partial charge in [0.25, 0.3) is 0 Å². The van der Waals surface area contributed by atoms with Crippen molar-refractivity contribution in [1.82, 2.24) is 9.47 Å². The Balaban J connectivity index is 1.36. The number of halogens is 1. The van der Waals surface area contributed by atoms with Gasteiger partial charge in [0.05, 0.1) is 0 Å². The van der Waals surface area contributed by atoms with Crippen molar-refractivity contribution in [3.63, 3.8) is 0 Å². The Morgan fingerprint density at radius 1 is 1.10 bits per heavy atom. The van der Waals surface area contributed by atoms with Crippen LogP contribution in [0.5, 0.6) is 5.75 Å². The number of rotatable bonds is 10. The summed E-state index contributed by atoms with van der Waals surface area (Å²) < 4.78 is 21.2. The highest BCUT2D eigenvalue weighted by molar-refractivity contribution is 5.31. The largest absolute Gasteiger partial charge is 0.491 e. The van der Waals surface area contributed by atoms with E-state index in [9.17, 15) is 9.50 Å². The Morgan fingerprint density at radius 2 is 1.87 bits per heavy atom. The summed E-state index contributed by atoms with van der Waals surface area (Å²) in [5.41, 5.74) is 3.33. The number of para-hydroxylation sites is 1. The SMILES string of the molecule is Cc1ccccc1OC[C@H](O)CN(Cc1cccn1Cc1ccc(F)cc1)C1CC1. The third-order valence-corrected chi connectivity index (χ3v) is 5.59. The number of nitrogens with zero attached hydrogens (tertiary/aromatic N) is 2. The minimum atomic E-state index is -0.550. The summed E-state index contributed by atoms with van der Waals surface area (Å²) in [6.45, 7) is 4.36. The lowest BCUT2D eigenvalue weighted by Gasteiger charge is -2.26. The van der Waals surface area contributed by atoms with Gasteiger partial charge in [-0.3, -0.25) is 4.90 Å². The van der Waals surface area contributed by atoms with E-state index in [2.05, 4.69) is 21.7 Å². The van der Waals surface area contributed by atoms with Crippen LogP contribution in [-0.2, 0) is 13.1 Å². The third-order valence-electron chi connectivity index (χ3n) is 5.59. The van der Waals surface area contributed by atoms with Gasteiger partial charge in [0, 0.05) is 37.6 Å². The Hall–Kier alpha value is -2.63. The minimum Gasteiger partial charge on any atom is -0.491 e. The van der Waals surface area contributed by atoms with Gasteiger partial charge in [0.15, 0.2) is 0 Å². The molecule has 1 aromatic heterocycles. The first-order valence-corrected chi connectivity index (χ1v) is 10.6. The first kappa shape index (κ1) is 20.6. The van der Waals surface area contributed by atoms with E-state index in [4.69, 9.17) is 4.74 Å². The van der Waals surface area contributed by atoms with E-state index in [0.717, 1.165) is 23.4 Å². The van der Waals surface area contributed by atoms with Crippen LogP contribution in [-0.4, -0.2) is 39.9 Å². The molecule has 0 aliphatic heterocycles. The normalized spacial score (nSPS) is 14.8. The second kappa shape index (κ2) is 9.45. The summed E-state index contributed by atoms with van der Waals surface area (Å²) >= 11 is 0. The molecule has 30 heavy (non-hydrogen) atoms. The van der Waals surface area contributed by atoms with Crippen LogP contribution in [0.3, 0.4) is 0 Å². The fourth-order valence-electron chi connectivity index (χ4n) is 3.75. The number of aliphatic hydroxyl groups excluding tert-OH is 1. The van der Waals surface area contributed by atoms with Crippen molar-refractivity contribution < 1.29 is 14.2 Å². The van der Waals surface area contributed by atoms with Gasteiger partial charge in [0.2, 0.25) is 0 Å². The highest BCUT2D eigenvalue weighted by Crippen LogP contribution is 2.29. The zero-order valence-corrected chi connectivity index (χ0v) is 17.4. The van der Waals surface area contributed by atoms with Crippen molar-refractivity contribution in [2.24, 2.45) is 0 Å². The van der Waals surface area contributed by atoms with Crippen LogP contribution in [0.2, 0.25) is 0 Å². The quantitative estimate of drug-likeness (QED) is 0.541. The first-order chi connectivity index (χ1) is 14.6. The molecule has 3 aromatic rings. The lowest BCUT2D eigenvalue weighted by molar-refractivity contribution is 0.0616. The van der Waals surface area contributed by atoms with Gasteiger partial charge < -0.3 is 14.4 Å². The molecule has 5 heteroatoms. The molecule has 0 bridgehead atoms. The maximum atomic E-state index is 13.2. The number of ether oxygens (including phenoxy) is 1. The third kappa shape index (κ3) is 5.49. The Kier molecular flexibility index (Phi) is 6.50. The average molecular weight is 409 g/mol. The zero-order chi connectivity index (χ0) is 20.9. The second-order valence-electron chi connectivity index (χ2n) is 8.14. The van der Waals surface area contributed by atoms with Crippen LogP contribution in [0, 0.1) is 12.7 Å². The van der Waals surface area contributed by atoms with Gasteiger partial charge in [-0.2, -0.15) is 0 Å². The van der Waals surface area contributed by atoms with Gasteiger partial charge in [-0.1, -0.05) is 30.3 Å². The summed E-state index contributed by atoms with van der Waals surface area (Å²) in [6, 6.07) is 19.2. The summed E-state index contributed by atoms with van der Waals surface area (Å²) in [5.74, 6) is 0.607. The van der Waals surface area contributed by atoms with Crippen LogP contribution in [0.4, 0.5) is 4.39 Å². The van der Waals surface area contributed by atoms with Gasteiger partial charge >= 0.3 is 0 Å². The highest BCUT2D eigenvalue weighted by atomic mass is 19.1. The zero-order valence-electron chi connectivity index (χ0n) is 17.4. The van der Waals surface area contributed by atoms with E-state index in [0.29, 0.717) is 19.1 Å². The molecule has 4 rings (SSSR count). The molecular formula is C25H29FN2O2. The topological polar surface area (TPSA) is 37.6 Å². The molecule has 0 saturated heterocycles. The molecule has 1 saturated carbocycles. The Bertz CT molecular complexity index is 950. The van der Waals surface area contributed by atoms with Crippen molar-refractivity contribution in [3.05, 3.63) is 89.5 Å². The summed E-state index contributed by atoms with van der Waals surface area (Å²) in [5, 5.41) is 10.6. The standard InChI is InChI=1S/C25H29FN2O2/c1-19-5-2-3-7-25(19)30-18-24(29)17-28(22-12-13-22)16-23-6-4-14-27(23)15-20-8-10-21(26)11-9-20/h2-11,14,22,24,29H,12-13,15-18H2,1H3/t24-/m1/s1. The average Bonchev–Trinajstić information content (AvgIpc) is 3.50. The first-order valence-electron chi connectivity index (χ1n) is 10.6. The van der Waals surface area contributed by atoms with Gasteiger partial charge in [0.1, 0.15) is 24.3 Å². The van der Waals surface area contributed by atoms with E-state index in [-0.39, 0.29) is 12.4 Å². The highest BCUT2D eigenvalue weighted by Gasteiger charge is 2.31. The summed E-state index contributed by atoms with van der Waals surface area (Å²) in [4.78, 5) is 2.35. The number of benzene rings is 2. The van der Waals surface area contributed by atoms with E-state index >= 15 is 0 Å². The van der Waals surface area contributed by atoms with Gasteiger partial charge in [-0.05, 0) is 61.2 Å². The molecule has 0 amide bonds. The second-order valence-corrected chi connectivity index (χ2v) is 8.14. The Labute approximate surface area is 177 Å². The maximum absolute atomic E-state index is 13.2. The lowest BCUT2D eigenvalue weighted by Crippen LogP contribution is -2.37. The molecule has 1 atom stereocenters. The molecule has 0 radical (unpaired) electrons. The molecule has 0 unspecified atom stereocenters. The fourth-order valence-corrected chi connectivity index (χ4v) is 3.75. The minimum absolute atomic E-state index is 0.215. The lowest BCUT2D eigenvalue weighted by atomic mass is 10.2. The molecule has 4 nitrogen and oxygen atoms in total. The molecule has 1 fully saturated rings. The molecule has 1 aliphatic rings. The molecule has 1 aliphatic carbocycles. The molecule has 158 valence electrons. The van der Waals surface area contributed by atoms with Crippen LogP contribution in [0.1, 0.15) is 29.7 Å².